The Morgan fingerprint density at radius 2 is 1.53 bits per heavy atom. The normalized spacial score (nSPS) is 18.6. The van der Waals surface area contributed by atoms with E-state index < -0.39 is 10.0 Å². The van der Waals surface area contributed by atoms with Crippen LogP contribution >= 0.6 is 0 Å². The molecule has 0 saturated carbocycles. The first-order chi connectivity index (χ1) is 8.99. The largest absolute Gasteiger partial charge is 0.296 e. The third-order valence-corrected chi connectivity index (χ3v) is 4.94. The molecule has 0 aromatic heterocycles. The molecule has 5 heteroatoms. The number of sulfonamides is 1. The summed E-state index contributed by atoms with van der Waals surface area (Å²) in [6.07, 6.45) is 2.35. The summed E-state index contributed by atoms with van der Waals surface area (Å²) < 4.78 is 24.4. The van der Waals surface area contributed by atoms with E-state index in [1.807, 2.05) is 0 Å². The van der Waals surface area contributed by atoms with Crippen molar-refractivity contribution in [3.63, 3.8) is 0 Å². The smallest absolute Gasteiger partial charge is 0.211 e. The molecule has 106 valence electrons. The second-order valence-electron chi connectivity index (χ2n) is 5.11. The van der Waals surface area contributed by atoms with Crippen molar-refractivity contribution in [1.29, 1.82) is 0 Å². The fraction of sp³-hybridized carbons (Fsp3) is 0.571. The number of piperazine rings is 1. The van der Waals surface area contributed by atoms with Gasteiger partial charge in [-0.25, -0.2) is 8.42 Å². The highest BCUT2D eigenvalue weighted by molar-refractivity contribution is 7.88. The Labute approximate surface area is 116 Å². The van der Waals surface area contributed by atoms with Gasteiger partial charge in [0.15, 0.2) is 0 Å². The average Bonchev–Trinajstić information content (AvgIpc) is 2.39. The molecular weight excluding hydrogens is 260 g/mol. The molecule has 4 nitrogen and oxygen atoms in total. The zero-order chi connectivity index (χ0) is 13.9. The molecule has 1 saturated heterocycles. The fourth-order valence-electron chi connectivity index (χ4n) is 2.36. The molecule has 19 heavy (non-hydrogen) atoms. The van der Waals surface area contributed by atoms with Gasteiger partial charge < -0.3 is 0 Å². The van der Waals surface area contributed by atoms with Crippen LogP contribution in [0.1, 0.15) is 18.1 Å². The molecule has 1 aromatic carbocycles. The summed E-state index contributed by atoms with van der Waals surface area (Å²) in [5.74, 6) is 0. The predicted molar refractivity (Wildman–Crippen MR) is 77.5 cm³/mol. The van der Waals surface area contributed by atoms with E-state index in [9.17, 15) is 8.42 Å². The molecule has 0 bridgehead atoms. The molecule has 0 N–H and O–H groups in total. The second kappa shape index (κ2) is 6.03. The first-order valence-electron chi connectivity index (χ1n) is 6.74. The standard InChI is InChI=1S/C14H22N2O2S/c1-3-13-4-6-14(7-5-13)12-15-8-10-16(11-9-15)19(2,17)18/h4-7H,3,8-12H2,1-2H3. The van der Waals surface area contributed by atoms with Crippen molar-refractivity contribution in [3.8, 4) is 0 Å². The van der Waals surface area contributed by atoms with Crippen LogP contribution in [-0.4, -0.2) is 50.1 Å². The Bertz CT molecular complexity index is 503. The van der Waals surface area contributed by atoms with Gasteiger partial charge in [-0.05, 0) is 17.5 Å². The van der Waals surface area contributed by atoms with Crippen molar-refractivity contribution in [3.05, 3.63) is 35.4 Å². The predicted octanol–water partition coefficient (Wildman–Crippen LogP) is 1.33. The fourth-order valence-corrected chi connectivity index (χ4v) is 3.18. The van der Waals surface area contributed by atoms with E-state index in [0.717, 1.165) is 26.1 Å². The Balaban J connectivity index is 1.88. The Morgan fingerprint density at radius 1 is 1.00 bits per heavy atom. The van der Waals surface area contributed by atoms with Gasteiger partial charge in [0, 0.05) is 32.7 Å². The number of hydrogen-bond acceptors (Lipinski definition) is 3. The molecular formula is C14H22N2O2S. The summed E-state index contributed by atoms with van der Waals surface area (Å²) in [5, 5.41) is 0. The number of hydrogen-bond donors (Lipinski definition) is 0. The van der Waals surface area contributed by atoms with E-state index in [1.54, 1.807) is 4.31 Å². The van der Waals surface area contributed by atoms with E-state index in [-0.39, 0.29) is 0 Å². The third kappa shape index (κ3) is 4.03. The highest BCUT2D eigenvalue weighted by Gasteiger charge is 2.23. The molecule has 0 aliphatic carbocycles. The lowest BCUT2D eigenvalue weighted by Gasteiger charge is -2.33. The highest BCUT2D eigenvalue weighted by Crippen LogP contribution is 2.11. The van der Waals surface area contributed by atoms with Gasteiger partial charge in [0.05, 0.1) is 6.26 Å². The topological polar surface area (TPSA) is 40.6 Å². The van der Waals surface area contributed by atoms with Gasteiger partial charge in [0.2, 0.25) is 10.0 Å². The molecule has 0 unspecified atom stereocenters. The van der Waals surface area contributed by atoms with E-state index in [4.69, 9.17) is 0 Å². The van der Waals surface area contributed by atoms with E-state index in [1.165, 1.54) is 17.4 Å². The van der Waals surface area contributed by atoms with Crippen molar-refractivity contribution >= 4 is 10.0 Å². The molecule has 0 atom stereocenters. The number of nitrogens with zero attached hydrogens (tertiary/aromatic N) is 2. The SMILES string of the molecule is CCc1ccc(CN2CCN(S(C)(=O)=O)CC2)cc1. The van der Waals surface area contributed by atoms with Gasteiger partial charge >= 0.3 is 0 Å². The van der Waals surface area contributed by atoms with Crippen LogP contribution in [0.5, 0.6) is 0 Å². The summed E-state index contributed by atoms with van der Waals surface area (Å²) in [4.78, 5) is 2.31. The van der Waals surface area contributed by atoms with Crippen molar-refractivity contribution in [2.45, 2.75) is 19.9 Å². The average molecular weight is 282 g/mol. The summed E-state index contributed by atoms with van der Waals surface area (Å²) in [7, 11) is -3.02. The number of aryl methyl sites for hydroxylation is 1. The van der Waals surface area contributed by atoms with Crippen LogP contribution in [0.25, 0.3) is 0 Å². The van der Waals surface area contributed by atoms with Crippen molar-refractivity contribution in [2.75, 3.05) is 32.4 Å². The lowest BCUT2D eigenvalue weighted by Crippen LogP contribution is -2.47. The second-order valence-corrected chi connectivity index (χ2v) is 7.09. The van der Waals surface area contributed by atoms with Crippen LogP contribution in [0.15, 0.2) is 24.3 Å². The van der Waals surface area contributed by atoms with Crippen molar-refractivity contribution < 1.29 is 8.42 Å². The molecule has 1 aliphatic rings. The molecule has 0 spiro atoms. The number of benzene rings is 1. The molecule has 1 aromatic rings. The van der Waals surface area contributed by atoms with E-state index in [0.29, 0.717) is 13.1 Å². The van der Waals surface area contributed by atoms with Crippen LogP contribution < -0.4 is 0 Å². The maximum Gasteiger partial charge on any atom is 0.211 e. The maximum atomic E-state index is 11.4. The monoisotopic (exact) mass is 282 g/mol. The molecule has 2 rings (SSSR count). The zero-order valence-corrected chi connectivity index (χ0v) is 12.5. The van der Waals surface area contributed by atoms with Crippen LogP contribution in [-0.2, 0) is 23.0 Å². The van der Waals surface area contributed by atoms with Gasteiger partial charge in [-0.15, -0.1) is 0 Å². The third-order valence-electron chi connectivity index (χ3n) is 3.64. The maximum absolute atomic E-state index is 11.4. The molecule has 0 amide bonds. The minimum atomic E-state index is -3.02. The Morgan fingerprint density at radius 3 is 2.00 bits per heavy atom. The van der Waals surface area contributed by atoms with Crippen LogP contribution in [0.2, 0.25) is 0 Å². The Hall–Kier alpha value is -0.910. The molecule has 1 heterocycles. The first kappa shape index (κ1) is 14.5. The van der Waals surface area contributed by atoms with Gasteiger partial charge in [0.1, 0.15) is 0 Å². The van der Waals surface area contributed by atoms with Crippen LogP contribution in [0.4, 0.5) is 0 Å². The summed E-state index contributed by atoms with van der Waals surface area (Å²) >= 11 is 0. The highest BCUT2D eigenvalue weighted by atomic mass is 32.2. The van der Waals surface area contributed by atoms with Crippen LogP contribution in [0, 0.1) is 0 Å². The summed E-state index contributed by atoms with van der Waals surface area (Å²) in [6, 6.07) is 8.67. The summed E-state index contributed by atoms with van der Waals surface area (Å²) in [6.45, 7) is 5.88. The quantitative estimate of drug-likeness (QED) is 0.836. The minimum Gasteiger partial charge on any atom is -0.296 e. The minimum absolute atomic E-state index is 0.603. The molecule has 0 radical (unpaired) electrons. The number of rotatable bonds is 4. The van der Waals surface area contributed by atoms with Crippen molar-refractivity contribution in [1.82, 2.24) is 9.21 Å². The lowest BCUT2D eigenvalue weighted by molar-refractivity contribution is 0.182. The van der Waals surface area contributed by atoms with Crippen molar-refractivity contribution in [2.24, 2.45) is 0 Å². The van der Waals surface area contributed by atoms with Crippen LogP contribution in [0.3, 0.4) is 0 Å². The van der Waals surface area contributed by atoms with Gasteiger partial charge in [0.25, 0.3) is 0 Å². The van der Waals surface area contributed by atoms with Gasteiger partial charge in [-0.3, -0.25) is 4.90 Å². The van der Waals surface area contributed by atoms with Gasteiger partial charge in [-0.2, -0.15) is 4.31 Å². The first-order valence-corrected chi connectivity index (χ1v) is 8.59. The molecule has 1 aliphatic heterocycles. The lowest BCUT2D eigenvalue weighted by atomic mass is 10.1. The van der Waals surface area contributed by atoms with E-state index in [2.05, 4.69) is 36.1 Å². The zero-order valence-electron chi connectivity index (χ0n) is 11.7. The molecule has 1 fully saturated rings. The Kier molecular flexibility index (Phi) is 4.60. The van der Waals surface area contributed by atoms with Gasteiger partial charge in [-0.1, -0.05) is 31.2 Å². The summed E-state index contributed by atoms with van der Waals surface area (Å²) in [5.41, 5.74) is 2.65. The van der Waals surface area contributed by atoms with E-state index >= 15 is 0 Å².